The molecule has 2 aliphatic rings. The quantitative estimate of drug-likeness (QED) is 0.910. The fourth-order valence-corrected chi connectivity index (χ4v) is 4.17. The highest BCUT2D eigenvalue weighted by Gasteiger charge is 2.48. The lowest BCUT2D eigenvalue weighted by Crippen LogP contribution is -2.61. The van der Waals surface area contributed by atoms with Gasteiger partial charge in [-0.05, 0) is 12.5 Å². The molecule has 0 aromatic heterocycles. The molecule has 122 valence electrons. The third-order valence-electron chi connectivity index (χ3n) is 3.98. The summed E-state index contributed by atoms with van der Waals surface area (Å²) in [5.74, 6) is 0.806. The molecule has 1 aromatic carbocycles. The van der Waals surface area contributed by atoms with E-state index in [-0.39, 0.29) is 23.7 Å². The van der Waals surface area contributed by atoms with Crippen LogP contribution in [0.1, 0.15) is 12.5 Å². The Labute approximate surface area is 134 Å². The van der Waals surface area contributed by atoms with Crippen LogP contribution in [0.2, 0.25) is 0 Å². The number of thioether (sulfide) groups is 1. The number of ether oxygens (including phenoxy) is 4. The molecule has 6 unspecified atom stereocenters. The van der Waals surface area contributed by atoms with Crippen LogP contribution in [0, 0.1) is 0 Å². The molecule has 2 saturated heterocycles. The third-order valence-corrected chi connectivity index (χ3v) is 5.41. The number of methoxy groups -OCH3 is 1. The molecular weight excluding hydrogens is 304 g/mol. The molecule has 2 aliphatic heterocycles. The fraction of sp³-hybridized carbons (Fsp3) is 0.625. The smallest absolute Gasteiger partial charge is 0.184 e. The van der Waals surface area contributed by atoms with Gasteiger partial charge < -0.3 is 24.1 Å². The summed E-state index contributed by atoms with van der Waals surface area (Å²) in [6.07, 6.45) is -2.06. The van der Waals surface area contributed by atoms with Crippen LogP contribution in [0.25, 0.3) is 0 Å². The molecule has 6 heteroatoms. The summed E-state index contributed by atoms with van der Waals surface area (Å²) in [7, 11) is 1.54. The van der Waals surface area contributed by atoms with E-state index in [9.17, 15) is 5.11 Å². The molecule has 0 spiro atoms. The third kappa shape index (κ3) is 3.48. The first-order chi connectivity index (χ1) is 10.7. The van der Waals surface area contributed by atoms with Crippen LogP contribution in [0.15, 0.2) is 30.3 Å². The average molecular weight is 326 g/mol. The minimum Gasteiger partial charge on any atom is -0.387 e. The number of benzene rings is 1. The van der Waals surface area contributed by atoms with E-state index < -0.39 is 12.4 Å². The molecule has 22 heavy (non-hydrogen) atoms. The van der Waals surface area contributed by atoms with E-state index in [4.69, 9.17) is 18.9 Å². The zero-order valence-corrected chi connectivity index (χ0v) is 13.6. The minimum absolute atomic E-state index is 0.116. The summed E-state index contributed by atoms with van der Waals surface area (Å²) in [5, 5.41) is 10.4. The zero-order chi connectivity index (χ0) is 15.5. The topological polar surface area (TPSA) is 57.2 Å². The molecule has 2 fully saturated rings. The number of aliphatic hydroxyl groups is 1. The van der Waals surface area contributed by atoms with Crippen molar-refractivity contribution in [1.82, 2.24) is 0 Å². The van der Waals surface area contributed by atoms with Crippen molar-refractivity contribution < 1.29 is 24.1 Å². The normalized spacial score (nSPS) is 38.5. The van der Waals surface area contributed by atoms with Crippen LogP contribution in [0.5, 0.6) is 0 Å². The molecule has 3 rings (SSSR count). The summed E-state index contributed by atoms with van der Waals surface area (Å²) in [4.78, 5) is 0. The molecule has 0 saturated carbocycles. The molecule has 1 N–H and O–H groups in total. The lowest BCUT2D eigenvalue weighted by Gasteiger charge is -2.47. The van der Waals surface area contributed by atoms with Gasteiger partial charge in [-0.1, -0.05) is 30.3 Å². The molecule has 1 aromatic rings. The molecule has 6 atom stereocenters. The fourth-order valence-electron chi connectivity index (χ4n) is 2.84. The van der Waals surface area contributed by atoms with Crippen molar-refractivity contribution in [3.05, 3.63) is 35.9 Å². The second kappa shape index (κ2) is 7.29. The molecule has 5 nitrogen and oxygen atoms in total. The summed E-state index contributed by atoms with van der Waals surface area (Å²) in [5.41, 5.74) is 1.22. The lowest BCUT2D eigenvalue weighted by molar-refractivity contribution is -0.323. The molecule has 0 bridgehead atoms. The highest BCUT2D eigenvalue weighted by molar-refractivity contribution is 7.99. The Morgan fingerprint density at radius 2 is 2.05 bits per heavy atom. The Kier molecular flexibility index (Phi) is 5.38. The first-order valence-electron chi connectivity index (χ1n) is 7.48. The summed E-state index contributed by atoms with van der Waals surface area (Å²) in [6.45, 7) is 2.32. The largest absolute Gasteiger partial charge is 0.387 e. The maximum atomic E-state index is 10.5. The van der Waals surface area contributed by atoms with E-state index in [1.54, 1.807) is 18.9 Å². The standard InChI is InChI=1S/C16H22O5S/c1-10-19-8-12-14(20-10)15(13(17)16(18-2)21-12)22-9-11-6-4-3-5-7-11/h3-7,10,12-17H,8-9H2,1-2H3. The van der Waals surface area contributed by atoms with Gasteiger partial charge in [-0.3, -0.25) is 0 Å². The van der Waals surface area contributed by atoms with Crippen molar-refractivity contribution in [1.29, 1.82) is 0 Å². The van der Waals surface area contributed by atoms with Crippen LogP contribution in [-0.4, -0.2) is 55.0 Å². The van der Waals surface area contributed by atoms with Gasteiger partial charge >= 0.3 is 0 Å². The van der Waals surface area contributed by atoms with Gasteiger partial charge in [-0.2, -0.15) is 0 Å². The Bertz CT molecular complexity index is 471. The van der Waals surface area contributed by atoms with Gasteiger partial charge in [0.15, 0.2) is 12.6 Å². The van der Waals surface area contributed by atoms with Gasteiger partial charge in [0.2, 0.25) is 0 Å². The van der Waals surface area contributed by atoms with Crippen LogP contribution in [-0.2, 0) is 24.7 Å². The number of hydrogen-bond donors (Lipinski definition) is 1. The second-order valence-corrected chi connectivity index (χ2v) is 6.70. The van der Waals surface area contributed by atoms with Crippen molar-refractivity contribution in [3.63, 3.8) is 0 Å². The van der Waals surface area contributed by atoms with E-state index in [2.05, 4.69) is 12.1 Å². The molecular formula is C16H22O5S. The number of hydrogen-bond acceptors (Lipinski definition) is 6. The van der Waals surface area contributed by atoms with Gasteiger partial charge in [0.05, 0.1) is 11.9 Å². The first kappa shape index (κ1) is 16.2. The summed E-state index contributed by atoms with van der Waals surface area (Å²) in [6, 6.07) is 10.2. The molecule has 2 heterocycles. The maximum absolute atomic E-state index is 10.5. The van der Waals surface area contributed by atoms with Crippen molar-refractivity contribution in [2.45, 2.75) is 48.8 Å². The first-order valence-corrected chi connectivity index (χ1v) is 8.53. The maximum Gasteiger partial charge on any atom is 0.184 e. The summed E-state index contributed by atoms with van der Waals surface area (Å²) < 4.78 is 22.4. The number of aliphatic hydroxyl groups excluding tert-OH is 1. The van der Waals surface area contributed by atoms with Gasteiger partial charge in [-0.15, -0.1) is 11.8 Å². The average Bonchev–Trinajstić information content (AvgIpc) is 2.54. The van der Waals surface area contributed by atoms with Crippen molar-refractivity contribution in [2.24, 2.45) is 0 Å². The van der Waals surface area contributed by atoms with E-state index in [0.29, 0.717) is 6.61 Å². The highest BCUT2D eigenvalue weighted by Crippen LogP contribution is 2.36. The van der Waals surface area contributed by atoms with Crippen molar-refractivity contribution in [3.8, 4) is 0 Å². The Morgan fingerprint density at radius 3 is 2.77 bits per heavy atom. The SMILES string of the molecule is COC1OC2COC(C)OC2C(SCc2ccccc2)C1O. The van der Waals surface area contributed by atoms with Crippen LogP contribution < -0.4 is 0 Å². The Balaban J connectivity index is 1.71. The minimum atomic E-state index is -0.731. The Hall–Kier alpha value is -0.630. The van der Waals surface area contributed by atoms with Gasteiger partial charge in [0.1, 0.15) is 18.3 Å². The van der Waals surface area contributed by atoms with Crippen LogP contribution >= 0.6 is 11.8 Å². The van der Waals surface area contributed by atoms with E-state index >= 15 is 0 Å². The lowest BCUT2D eigenvalue weighted by atomic mass is 10.0. The van der Waals surface area contributed by atoms with Gasteiger partial charge in [-0.25, -0.2) is 0 Å². The predicted molar refractivity (Wildman–Crippen MR) is 83.5 cm³/mol. The molecule has 0 aliphatic carbocycles. The van der Waals surface area contributed by atoms with E-state index in [0.717, 1.165) is 5.75 Å². The Morgan fingerprint density at radius 1 is 1.27 bits per heavy atom. The second-order valence-electron chi connectivity index (χ2n) is 5.53. The number of fused-ring (bicyclic) bond motifs is 1. The molecule has 0 radical (unpaired) electrons. The van der Waals surface area contributed by atoms with E-state index in [1.165, 1.54) is 5.56 Å². The zero-order valence-electron chi connectivity index (χ0n) is 12.8. The number of rotatable bonds is 4. The van der Waals surface area contributed by atoms with E-state index in [1.807, 2.05) is 25.1 Å². The monoisotopic (exact) mass is 326 g/mol. The summed E-state index contributed by atoms with van der Waals surface area (Å²) >= 11 is 1.67. The predicted octanol–water partition coefficient (Wildman–Crippen LogP) is 1.78. The van der Waals surface area contributed by atoms with Gasteiger partial charge in [0, 0.05) is 12.9 Å². The van der Waals surface area contributed by atoms with Crippen LogP contribution in [0.3, 0.4) is 0 Å². The molecule has 0 amide bonds. The van der Waals surface area contributed by atoms with Crippen LogP contribution in [0.4, 0.5) is 0 Å². The van der Waals surface area contributed by atoms with Crippen molar-refractivity contribution in [2.75, 3.05) is 13.7 Å². The van der Waals surface area contributed by atoms with Gasteiger partial charge in [0.25, 0.3) is 0 Å². The van der Waals surface area contributed by atoms with Crippen molar-refractivity contribution >= 4 is 11.8 Å². The highest BCUT2D eigenvalue weighted by atomic mass is 32.2.